The first-order valence-electron chi connectivity index (χ1n) is 7.42. The molecule has 0 radical (unpaired) electrons. The summed E-state index contributed by atoms with van der Waals surface area (Å²) in [5, 5.41) is 3.22. The summed E-state index contributed by atoms with van der Waals surface area (Å²) in [5.74, 6) is 0. The molecular formula is C15H25BrN2O2S. The Morgan fingerprint density at radius 1 is 1.29 bits per heavy atom. The van der Waals surface area contributed by atoms with Gasteiger partial charge in [-0.25, -0.2) is 13.1 Å². The highest BCUT2D eigenvalue weighted by atomic mass is 79.9. The number of rotatable bonds is 9. The molecule has 21 heavy (non-hydrogen) atoms. The van der Waals surface area contributed by atoms with E-state index in [1.165, 1.54) is 0 Å². The molecule has 0 aliphatic rings. The van der Waals surface area contributed by atoms with Gasteiger partial charge in [-0.3, -0.25) is 0 Å². The fourth-order valence-electron chi connectivity index (χ4n) is 2.04. The molecule has 0 heterocycles. The van der Waals surface area contributed by atoms with Gasteiger partial charge in [0.1, 0.15) is 0 Å². The monoisotopic (exact) mass is 376 g/mol. The predicted molar refractivity (Wildman–Crippen MR) is 90.8 cm³/mol. The smallest absolute Gasteiger partial charge is 0.241 e. The molecule has 0 spiro atoms. The first kappa shape index (κ1) is 18.6. The Labute approximate surface area is 136 Å². The third kappa shape index (κ3) is 6.06. The van der Waals surface area contributed by atoms with Gasteiger partial charge in [-0.05, 0) is 53.5 Å². The van der Waals surface area contributed by atoms with Crippen molar-refractivity contribution in [3.63, 3.8) is 0 Å². The average Bonchev–Trinajstić information content (AvgIpc) is 2.42. The molecule has 0 saturated carbocycles. The Balaban J connectivity index is 2.83. The maximum Gasteiger partial charge on any atom is 0.241 e. The summed E-state index contributed by atoms with van der Waals surface area (Å²) < 4.78 is 28.1. The minimum atomic E-state index is -3.48. The Hall–Kier alpha value is -0.430. The standard InChI is InChI=1S/C15H25BrN2O2S/c1-4-6-7-12(3)18-21(19,20)15-9-8-13(10-14(15)16)11-17-5-2/h8-10,12,17-18H,4-7,11H2,1-3H3. The quantitative estimate of drug-likeness (QED) is 0.693. The first-order chi connectivity index (χ1) is 9.90. The lowest BCUT2D eigenvalue weighted by Crippen LogP contribution is -2.32. The van der Waals surface area contributed by atoms with Gasteiger partial charge in [0, 0.05) is 17.1 Å². The van der Waals surface area contributed by atoms with Gasteiger partial charge >= 0.3 is 0 Å². The van der Waals surface area contributed by atoms with Crippen LogP contribution in [0.25, 0.3) is 0 Å². The van der Waals surface area contributed by atoms with Gasteiger partial charge in [0.25, 0.3) is 0 Å². The minimum Gasteiger partial charge on any atom is -0.313 e. The van der Waals surface area contributed by atoms with E-state index < -0.39 is 10.0 Å². The second-order valence-corrected chi connectivity index (χ2v) is 7.75. The summed E-state index contributed by atoms with van der Waals surface area (Å²) in [5.41, 5.74) is 1.06. The second kappa shape index (κ2) is 8.88. The van der Waals surface area contributed by atoms with Crippen molar-refractivity contribution in [1.82, 2.24) is 10.0 Å². The predicted octanol–water partition coefficient (Wildman–Crippen LogP) is 3.42. The van der Waals surface area contributed by atoms with Crippen molar-refractivity contribution in [2.45, 2.75) is 57.5 Å². The van der Waals surface area contributed by atoms with Crippen LogP contribution < -0.4 is 10.0 Å². The third-order valence-electron chi connectivity index (χ3n) is 3.21. The van der Waals surface area contributed by atoms with Crippen LogP contribution in [0.5, 0.6) is 0 Å². The van der Waals surface area contributed by atoms with E-state index in [1.54, 1.807) is 6.07 Å². The number of benzene rings is 1. The molecule has 0 aliphatic heterocycles. The summed E-state index contributed by atoms with van der Waals surface area (Å²) in [6, 6.07) is 5.31. The molecule has 1 rings (SSSR count). The molecule has 0 aliphatic carbocycles. The van der Waals surface area contributed by atoms with Crippen LogP contribution in [0.2, 0.25) is 0 Å². The molecule has 1 unspecified atom stereocenters. The summed E-state index contributed by atoms with van der Waals surface area (Å²) in [6.07, 6.45) is 2.94. The number of hydrogen-bond donors (Lipinski definition) is 2. The van der Waals surface area contributed by atoms with Gasteiger partial charge in [-0.1, -0.05) is 32.8 Å². The highest BCUT2D eigenvalue weighted by molar-refractivity contribution is 9.10. The maximum atomic E-state index is 12.4. The Bertz CT molecular complexity index is 547. The van der Waals surface area contributed by atoms with Crippen molar-refractivity contribution in [2.75, 3.05) is 6.54 Å². The Morgan fingerprint density at radius 3 is 2.57 bits per heavy atom. The van der Waals surface area contributed by atoms with Crippen LogP contribution in [0.15, 0.2) is 27.6 Å². The van der Waals surface area contributed by atoms with Crippen molar-refractivity contribution in [2.24, 2.45) is 0 Å². The molecule has 0 bridgehead atoms. The third-order valence-corrected chi connectivity index (χ3v) is 5.78. The topological polar surface area (TPSA) is 58.2 Å². The highest BCUT2D eigenvalue weighted by Gasteiger charge is 2.20. The largest absolute Gasteiger partial charge is 0.313 e. The zero-order chi connectivity index (χ0) is 15.9. The van der Waals surface area contributed by atoms with Crippen molar-refractivity contribution in [3.8, 4) is 0 Å². The molecule has 1 aromatic carbocycles. The fourth-order valence-corrected chi connectivity index (χ4v) is 4.44. The number of sulfonamides is 1. The molecule has 120 valence electrons. The minimum absolute atomic E-state index is 0.0525. The number of hydrogen-bond acceptors (Lipinski definition) is 3. The van der Waals surface area contributed by atoms with Crippen LogP contribution in [0.4, 0.5) is 0 Å². The summed E-state index contributed by atoms with van der Waals surface area (Å²) in [7, 11) is -3.48. The molecular weight excluding hydrogens is 352 g/mol. The van der Waals surface area contributed by atoms with Gasteiger partial charge in [0.15, 0.2) is 0 Å². The van der Waals surface area contributed by atoms with Crippen LogP contribution in [0, 0.1) is 0 Å². The second-order valence-electron chi connectivity index (χ2n) is 5.21. The van der Waals surface area contributed by atoms with Gasteiger partial charge in [-0.15, -0.1) is 0 Å². The van der Waals surface area contributed by atoms with Crippen molar-refractivity contribution >= 4 is 26.0 Å². The lowest BCUT2D eigenvalue weighted by atomic mass is 10.2. The first-order valence-corrected chi connectivity index (χ1v) is 9.69. The van der Waals surface area contributed by atoms with Gasteiger partial charge in [0.2, 0.25) is 10.0 Å². The number of unbranched alkanes of at least 4 members (excludes halogenated alkanes) is 1. The molecule has 0 saturated heterocycles. The zero-order valence-electron chi connectivity index (χ0n) is 12.9. The molecule has 6 heteroatoms. The lowest BCUT2D eigenvalue weighted by molar-refractivity contribution is 0.534. The molecule has 2 N–H and O–H groups in total. The van der Waals surface area contributed by atoms with Crippen LogP contribution >= 0.6 is 15.9 Å². The molecule has 1 aromatic rings. The van der Waals surface area contributed by atoms with Crippen molar-refractivity contribution < 1.29 is 8.42 Å². The normalized spacial score (nSPS) is 13.3. The summed E-state index contributed by atoms with van der Waals surface area (Å²) in [4.78, 5) is 0.297. The fraction of sp³-hybridized carbons (Fsp3) is 0.600. The highest BCUT2D eigenvalue weighted by Crippen LogP contribution is 2.23. The molecule has 1 atom stereocenters. The van der Waals surface area contributed by atoms with Crippen LogP contribution in [0.1, 0.15) is 45.6 Å². The van der Waals surface area contributed by atoms with E-state index in [0.717, 1.165) is 37.9 Å². The van der Waals surface area contributed by atoms with E-state index in [2.05, 4.69) is 32.9 Å². The molecule has 4 nitrogen and oxygen atoms in total. The van der Waals surface area contributed by atoms with E-state index in [9.17, 15) is 8.42 Å². The molecule has 0 amide bonds. The van der Waals surface area contributed by atoms with Gasteiger partial charge in [0.05, 0.1) is 4.90 Å². The van der Waals surface area contributed by atoms with E-state index in [-0.39, 0.29) is 6.04 Å². The van der Waals surface area contributed by atoms with Gasteiger partial charge in [-0.2, -0.15) is 0 Å². The van der Waals surface area contributed by atoms with Crippen LogP contribution in [-0.4, -0.2) is 21.0 Å². The van der Waals surface area contributed by atoms with Crippen molar-refractivity contribution in [3.05, 3.63) is 28.2 Å². The van der Waals surface area contributed by atoms with E-state index in [4.69, 9.17) is 0 Å². The Morgan fingerprint density at radius 2 is 2.00 bits per heavy atom. The summed E-state index contributed by atoms with van der Waals surface area (Å²) >= 11 is 3.37. The van der Waals surface area contributed by atoms with E-state index in [0.29, 0.717) is 9.37 Å². The number of halogens is 1. The molecule has 0 aromatic heterocycles. The van der Waals surface area contributed by atoms with Gasteiger partial charge < -0.3 is 5.32 Å². The Kier molecular flexibility index (Phi) is 7.87. The average molecular weight is 377 g/mol. The van der Waals surface area contributed by atoms with E-state index >= 15 is 0 Å². The maximum absolute atomic E-state index is 12.4. The van der Waals surface area contributed by atoms with Crippen LogP contribution in [0.3, 0.4) is 0 Å². The van der Waals surface area contributed by atoms with E-state index in [1.807, 2.05) is 26.0 Å². The summed E-state index contributed by atoms with van der Waals surface area (Å²) in [6.45, 7) is 7.65. The van der Waals surface area contributed by atoms with Crippen molar-refractivity contribution in [1.29, 1.82) is 0 Å². The molecule has 0 fully saturated rings. The van der Waals surface area contributed by atoms with Crippen LogP contribution in [-0.2, 0) is 16.6 Å². The number of nitrogens with one attached hydrogen (secondary N) is 2. The lowest BCUT2D eigenvalue weighted by Gasteiger charge is -2.15. The SMILES string of the molecule is CCCCC(C)NS(=O)(=O)c1ccc(CNCC)cc1Br. The zero-order valence-corrected chi connectivity index (χ0v) is 15.4.